The molecule has 0 saturated heterocycles. The Kier molecular flexibility index (Phi) is 27.0. The molecular formula is C70H84Cl2F8N6O8. The van der Waals surface area contributed by atoms with Crippen molar-refractivity contribution in [2.75, 3.05) is 47.9 Å². The molecule has 2 unspecified atom stereocenters. The molecule has 0 aliphatic carbocycles. The third-order valence-electron chi connectivity index (χ3n) is 15.7. The van der Waals surface area contributed by atoms with E-state index in [2.05, 4.69) is 10.6 Å². The summed E-state index contributed by atoms with van der Waals surface area (Å²) < 4.78 is 122. The van der Waals surface area contributed by atoms with Gasteiger partial charge in [-0.1, -0.05) is 86.3 Å². The highest BCUT2D eigenvalue weighted by Crippen LogP contribution is 2.40. The summed E-state index contributed by atoms with van der Waals surface area (Å²) in [5.74, 6) is -5.82. The van der Waals surface area contributed by atoms with Crippen molar-refractivity contribution in [3.8, 4) is 22.3 Å². The molecule has 2 aromatic heterocycles. The van der Waals surface area contributed by atoms with Gasteiger partial charge in [-0.3, -0.25) is 28.8 Å². The number of hydrogen-bond donors (Lipinski definition) is 3. The number of alkyl halides is 6. The molecule has 14 nitrogen and oxygen atoms in total. The molecule has 6 aromatic rings. The Morgan fingerprint density at radius 3 is 1.20 bits per heavy atom. The summed E-state index contributed by atoms with van der Waals surface area (Å²) in [5.41, 5.74) is 3.54. The molecule has 0 aliphatic heterocycles. The van der Waals surface area contributed by atoms with Gasteiger partial charge in [-0.05, 0) is 194 Å². The molecule has 4 aromatic carbocycles. The Bertz CT molecular complexity index is 3820. The number of rotatable bonds is 25. The van der Waals surface area contributed by atoms with Crippen molar-refractivity contribution < 1.29 is 64.1 Å². The van der Waals surface area contributed by atoms with Crippen LogP contribution in [0.15, 0.2) is 82.6 Å². The van der Waals surface area contributed by atoms with E-state index in [-0.39, 0.29) is 89.5 Å². The van der Waals surface area contributed by atoms with E-state index in [1.54, 1.807) is 72.6 Å². The molecular weight excluding hydrogens is 1280 g/mol. The van der Waals surface area contributed by atoms with Gasteiger partial charge in [0.25, 0.3) is 11.1 Å². The van der Waals surface area contributed by atoms with Gasteiger partial charge < -0.3 is 39.4 Å². The van der Waals surface area contributed by atoms with Crippen LogP contribution in [0.25, 0.3) is 22.3 Å². The Labute approximate surface area is 553 Å². The molecule has 512 valence electrons. The maximum Gasteiger partial charge on any atom is 0.416 e. The quantitative estimate of drug-likeness (QED) is 0.0370. The molecule has 0 radical (unpaired) electrons. The van der Waals surface area contributed by atoms with E-state index in [1.807, 2.05) is 65.8 Å². The first-order valence-electron chi connectivity index (χ1n) is 30.7. The number of aromatic nitrogens is 2. The average molecular weight is 1360 g/mol. The number of amides is 2. The number of esters is 1. The summed E-state index contributed by atoms with van der Waals surface area (Å²) in [7, 11) is 6.82. The van der Waals surface area contributed by atoms with Crippen molar-refractivity contribution in [1.82, 2.24) is 29.6 Å². The van der Waals surface area contributed by atoms with Gasteiger partial charge in [-0.25, -0.2) is 8.78 Å². The number of likely N-dealkylation sites (N-methyl/N-ethyl adjacent to an activating group) is 2. The molecule has 4 atom stereocenters. The number of aryl methyl sites for hydroxylation is 6. The summed E-state index contributed by atoms with van der Waals surface area (Å²) in [6.45, 7) is 20.8. The Hall–Kier alpha value is -7.40. The SMILES string of the molecule is CCOC(=O)C[C@H](NC(=O)C(CC(C)C)n1cc(CCN(C)C)c(C(F)(F)F)cc1=O)c1cc(-c2c(C)cc(C)cc2C)cc(Cl)c1F.Cc1cc(C)c(-c2cc(Cl)c(F)c([C@H](CC(=O)O)NC(=O)C(CC(C)C)n3cc(CCN(C)C)c(C(F)(F)F)cc3=O)c2)c(C)c1. The largest absolute Gasteiger partial charge is 0.481 e. The summed E-state index contributed by atoms with van der Waals surface area (Å²) in [4.78, 5) is 82.5. The highest BCUT2D eigenvalue weighted by atomic mass is 35.5. The molecule has 0 bridgehead atoms. The van der Waals surface area contributed by atoms with Crippen molar-refractivity contribution in [3.63, 3.8) is 0 Å². The minimum absolute atomic E-state index is 0.0298. The lowest BCUT2D eigenvalue weighted by Gasteiger charge is -2.27. The van der Waals surface area contributed by atoms with Gasteiger partial charge in [0.2, 0.25) is 11.8 Å². The zero-order valence-corrected chi connectivity index (χ0v) is 57.1. The van der Waals surface area contributed by atoms with E-state index in [9.17, 15) is 60.2 Å². The lowest BCUT2D eigenvalue weighted by atomic mass is 9.91. The van der Waals surface area contributed by atoms with Crippen LogP contribution in [0.3, 0.4) is 0 Å². The van der Waals surface area contributed by atoms with Crippen LogP contribution in [0.1, 0.15) is 151 Å². The van der Waals surface area contributed by atoms with Crippen LogP contribution in [0.5, 0.6) is 0 Å². The number of nitrogens with zero attached hydrogens (tertiary/aromatic N) is 4. The number of carboxylic acid groups (broad SMARTS) is 1. The zero-order chi connectivity index (χ0) is 70.8. The molecule has 2 amide bonds. The first-order chi connectivity index (χ1) is 43.6. The van der Waals surface area contributed by atoms with Gasteiger partial charge in [0.05, 0.1) is 52.7 Å². The topological polar surface area (TPSA) is 172 Å². The summed E-state index contributed by atoms with van der Waals surface area (Å²) in [6.07, 6.45) is -8.60. The van der Waals surface area contributed by atoms with Crippen LogP contribution < -0.4 is 21.8 Å². The highest BCUT2D eigenvalue weighted by molar-refractivity contribution is 6.31. The highest BCUT2D eigenvalue weighted by Gasteiger charge is 2.38. The van der Waals surface area contributed by atoms with Crippen LogP contribution in [-0.2, 0) is 49.1 Å². The number of aliphatic carboxylic acids is 1. The van der Waals surface area contributed by atoms with Crippen molar-refractivity contribution in [1.29, 1.82) is 0 Å². The number of carbonyl (C=O) groups is 4. The van der Waals surface area contributed by atoms with E-state index in [0.717, 1.165) is 66.0 Å². The number of carboxylic acids is 1. The lowest BCUT2D eigenvalue weighted by molar-refractivity contribution is -0.144. The maximum atomic E-state index is 15.9. The average Bonchev–Trinajstić information content (AvgIpc) is 0.803. The third kappa shape index (κ3) is 20.6. The molecule has 24 heteroatoms. The van der Waals surface area contributed by atoms with Crippen molar-refractivity contribution in [2.24, 2.45) is 11.8 Å². The number of halogens is 10. The van der Waals surface area contributed by atoms with Crippen LogP contribution >= 0.6 is 23.2 Å². The van der Waals surface area contributed by atoms with Crippen LogP contribution in [0, 0.1) is 65.0 Å². The first-order valence-corrected chi connectivity index (χ1v) is 31.5. The van der Waals surface area contributed by atoms with E-state index in [1.165, 1.54) is 24.3 Å². The van der Waals surface area contributed by atoms with Gasteiger partial charge >= 0.3 is 24.3 Å². The Morgan fingerprint density at radius 2 is 0.904 bits per heavy atom. The minimum atomic E-state index is -4.79. The van der Waals surface area contributed by atoms with Crippen LogP contribution in [0.4, 0.5) is 35.1 Å². The zero-order valence-electron chi connectivity index (χ0n) is 55.6. The van der Waals surface area contributed by atoms with E-state index < -0.39 is 107 Å². The van der Waals surface area contributed by atoms with Crippen molar-refractivity contribution >= 4 is 47.0 Å². The van der Waals surface area contributed by atoms with Gasteiger partial charge in [0.1, 0.15) is 23.7 Å². The number of pyridine rings is 2. The van der Waals surface area contributed by atoms with Crippen molar-refractivity contribution in [3.05, 3.63) is 182 Å². The van der Waals surface area contributed by atoms with Gasteiger partial charge in [-0.15, -0.1) is 0 Å². The van der Waals surface area contributed by atoms with E-state index >= 15 is 8.78 Å². The second-order valence-corrected chi connectivity index (χ2v) is 26.1. The van der Waals surface area contributed by atoms with Gasteiger partial charge in [-0.2, -0.15) is 26.3 Å². The van der Waals surface area contributed by atoms with Gasteiger partial charge in [0.15, 0.2) is 0 Å². The number of benzene rings is 4. The summed E-state index contributed by atoms with van der Waals surface area (Å²) in [6, 6.07) is 9.43. The lowest BCUT2D eigenvalue weighted by Crippen LogP contribution is -2.41. The standard InChI is InChI=1S/C36H44ClF4N3O4.C34H40ClF4N3O4/c1-9-48-32(46)18-29(26-15-25(16-28(37)34(26)38)33-22(5)13-21(4)14-23(33)6)42-35(47)30(12-20(2)3)44-19-24(10-11-43(7)8)27(17-31(44)45)36(39,40)41;1-18(2)10-28(42-17-22(8-9-41(6)7)25(15-29(42)43)34(37,38)39)33(46)40-27(16-30(44)45)24-13-23(14-26(35)32(24)36)31-20(4)11-19(3)12-21(31)5/h13-17,19-20,29-30H,9-12,18H2,1-8H3,(H,42,47);11-15,17-18,27-28H,8-10,16H2,1-7H3,(H,40,46)(H,44,45)/t29-,30?;27-,28?/m00/s1. The number of carbonyl (C=O) groups excluding carboxylic acids is 3. The van der Waals surface area contributed by atoms with Crippen molar-refractivity contribution in [2.45, 2.75) is 151 Å². The minimum Gasteiger partial charge on any atom is -0.481 e. The predicted octanol–water partition coefficient (Wildman–Crippen LogP) is 15.0. The molecule has 3 N–H and O–H groups in total. The fourth-order valence-electron chi connectivity index (χ4n) is 11.7. The Balaban J connectivity index is 0.000000341. The summed E-state index contributed by atoms with van der Waals surface area (Å²) >= 11 is 12.7. The molecule has 0 spiro atoms. The molecule has 0 aliphatic rings. The smallest absolute Gasteiger partial charge is 0.416 e. The number of hydrogen-bond acceptors (Lipinski definition) is 9. The molecule has 6 rings (SSSR count). The van der Waals surface area contributed by atoms with E-state index in [0.29, 0.717) is 23.3 Å². The molecule has 0 saturated carbocycles. The fourth-order valence-corrected chi connectivity index (χ4v) is 12.2. The normalized spacial score (nSPS) is 13.2. The second-order valence-electron chi connectivity index (χ2n) is 25.3. The number of nitrogens with one attached hydrogen (secondary N) is 2. The van der Waals surface area contributed by atoms with Gasteiger partial charge in [0, 0.05) is 48.7 Å². The van der Waals surface area contributed by atoms with Crippen LogP contribution in [0.2, 0.25) is 10.0 Å². The fraction of sp³-hybridized carbons (Fsp3) is 0.457. The third-order valence-corrected chi connectivity index (χ3v) is 16.3. The maximum absolute atomic E-state index is 15.9. The monoisotopic (exact) mass is 1360 g/mol. The summed E-state index contributed by atoms with van der Waals surface area (Å²) in [5, 5.41) is 14.5. The first kappa shape index (κ1) is 77.3. The van der Waals surface area contributed by atoms with Crippen LogP contribution in [-0.4, -0.2) is 95.7 Å². The Morgan fingerprint density at radius 1 is 0.564 bits per heavy atom. The molecule has 94 heavy (non-hydrogen) atoms. The second kappa shape index (κ2) is 32.8. The predicted molar refractivity (Wildman–Crippen MR) is 350 cm³/mol. The molecule has 2 heterocycles. The molecule has 0 fully saturated rings. The number of ether oxygens (including phenoxy) is 1. The van der Waals surface area contributed by atoms with E-state index in [4.69, 9.17) is 27.9 Å².